The van der Waals surface area contributed by atoms with Gasteiger partial charge in [-0.1, -0.05) is 40.3 Å². The highest BCUT2D eigenvalue weighted by atomic mass is 32.2. The molecule has 3 rings (SSSR count). The van der Waals surface area contributed by atoms with Crippen molar-refractivity contribution in [3.63, 3.8) is 0 Å². The van der Waals surface area contributed by atoms with Crippen LogP contribution in [-0.2, 0) is 16.5 Å². The molecule has 0 saturated heterocycles. The van der Waals surface area contributed by atoms with E-state index in [0.717, 1.165) is 5.56 Å². The van der Waals surface area contributed by atoms with Gasteiger partial charge in [0.2, 0.25) is 16.9 Å². The highest BCUT2D eigenvalue weighted by Crippen LogP contribution is 2.34. The first-order valence-corrected chi connectivity index (χ1v) is 11.8. The molecular formula is C20H27N3O4S. The summed E-state index contributed by atoms with van der Waals surface area (Å²) in [6, 6.07) is 9.58. The summed E-state index contributed by atoms with van der Waals surface area (Å²) in [7, 11) is -2.79. The molecule has 0 bridgehead atoms. The Labute approximate surface area is 166 Å². The van der Waals surface area contributed by atoms with Crippen molar-refractivity contribution in [1.29, 1.82) is 0 Å². The third-order valence-electron chi connectivity index (χ3n) is 4.36. The zero-order chi connectivity index (χ0) is 20.5. The van der Waals surface area contributed by atoms with Crippen LogP contribution in [0.3, 0.4) is 0 Å². The van der Waals surface area contributed by atoms with E-state index >= 15 is 0 Å². The van der Waals surface area contributed by atoms with Gasteiger partial charge in [-0.15, -0.1) is 0 Å². The second-order valence-corrected chi connectivity index (χ2v) is 10.9. The Kier molecular flexibility index (Phi) is 5.43. The van der Waals surface area contributed by atoms with Gasteiger partial charge in [0.05, 0.1) is 6.54 Å². The Morgan fingerprint density at radius 1 is 1.21 bits per heavy atom. The van der Waals surface area contributed by atoms with Crippen LogP contribution in [0.1, 0.15) is 36.7 Å². The number of carbonyl (C=O) groups excluding carboxylic acids is 1. The number of likely N-dealkylation sites (N-methyl/N-ethyl adjacent to an activating group) is 1. The van der Waals surface area contributed by atoms with Crippen LogP contribution in [0.4, 0.5) is 0 Å². The van der Waals surface area contributed by atoms with Crippen LogP contribution in [0.25, 0.3) is 0 Å². The molecule has 0 spiro atoms. The summed E-state index contributed by atoms with van der Waals surface area (Å²) in [5.41, 5.74) is 0.466. The monoisotopic (exact) mass is 405 g/mol. The minimum absolute atomic E-state index is 0.105. The Hall–Kier alpha value is -2.48. The molecule has 152 valence electrons. The standard InChI is InChI=1S/C20H27N3O4S/c1-6-23-13-20(2,3)27-17-15(18(23)24)16(21-19(22-17)28(4,5)25)26-12-14-10-8-7-9-11-14/h7-11,28H,6,12-13H2,1-5H3. The van der Waals surface area contributed by atoms with E-state index < -0.39 is 15.5 Å². The van der Waals surface area contributed by atoms with Gasteiger partial charge in [0.25, 0.3) is 5.91 Å². The maximum absolute atomic E-state index is 13.2. The molecule has 0 unspecified atom stereocenters. The minimum Gasteiger partial charge on any atom is -0.472 e. The molecule has 1 aliphatic rings. The van der Waals surface area contributed by atoms with Gasteiger partial charge in [-0.25, -0.2) is 0 Å². The van der Waals surface area contributed by atoms with Gasteiger partial charge < -0.3 is 14.4 Å². The number of hydrogen-bond acceptors (Lipinski definition) is 6. The molecule has 0 aliphatic carbocycles. The number of rotatable bonds is 5. The molecule has 0 radical (unpaired) electrons. The summed E-state index contributed by atoms with van der Waals surface area (Å²) < 4.78 is 24.6. The Morgan fingerprint density at radius 2 is 1.89 bits per heavy atom. The van der Waals surface area contributed by atoms with Crippen LogP contribution in [0.15, 0.2) is 35.5 Å². The van der Waals surface area contributed by atoms with E-state index in [1.165, 1.54) is 0 Å². The second-order valence-electron chi connectivity index (χ2n) is 7.82. The van der Waals surface area contributed by atoms with E-state index in [2.05, 4.69) is 9.97 Å². The quantitative estimate of drug-likeness (QED) is 0.607. The third kappa shape index (κ3) is 4.32. The Morgan fingerprint density at radius 3 is 2.50 bits per heavy atom. The van der Waals surface area contributed by atoms with Gasteiger partial charge in [0.15, 0.2) is 5.56 Å². The summed E-state index contributed by atoms with van der Waals surface area (Å²) in [4.78, 5) is 23.6. The average molecular weight is 406 g/mol. The van der Waals surface area contributed by atoms with Crippen molar-refractivity contribution in [2.75, 3.05) is 25.6 Å². The van der Waals surface area contributed by atoms with Crippen molar-refractivity contribution < 1.29 is 18.5 Å². The SMILES string of the molecule is CCN1CC(C)(C)Oc2nc([SH](C)(C)=O)nc(OCc3ccccc3)c2C1=O. The number of benzene rings is 1. The predicted octanol–water partition coefficient (Wildman–Crippen LogP) is 2.32. The second kappa shape index (κ2) is 7.50. The summed E-state index contributed by atoms with van der Waals surface area (Å²) >= 11 is 0. The van der Waals surface area contributed by atoms with E-state index in [0.29, 0.717) is 13.1 Å². The number of nitrogens with zero attached hydrogens (tertiary/aromatic N) is 3. The van der Waals surface area contributed by atoms with E-state index in [1.54, 1.807) is 17.4 Å². The number of thiol groups is 1. The van der Waals surface area contributed by atoms with E-state index in [4.69, 9.17) is 9.47 Å². The molecule has 0 fully saturated rings. The van der Waals surface area contributed by atoms with Crippen molar-refractivity contribution in [3.8, 4) is 11.8 Å². The fraction of sp³-hybridized carbons (Fsp3) is 0.450. The predicted molar refractivity (Wildman–Crippen MR) is 109 cm³/mol. The average Bonchev–Trinajstić information content (AvgIpc) is 2.73. The van der Waals surface area contributed by atoms with Crippen molar-refractivity contribution in [2.24, 2.45) is 0 Å². The lowest BCUT2D eigenvalue weighted by Crippen LogP contribution is -2.42. The molecule has 0 saturated carbocycles. The minimum atomic E-state index is -2.79. The molecule has 2 heterocycles. The van der Waals surface area contributed by atoms with Crippen LogP contribution in [-0.4, -0.2) is 56.2 Å². The highest BCUT2D eigenvalue weighted by molar-refractivity contribution is 8.01. The van der Waals surface area contributed by atoms with Crippen LogP contribution >= 0.6 is 0 Å². The maximum Gasteiger partial charge on any atom is 0.265 e. The first kappa shape index (κ1) is 20.3. The first-order chi connectivity index (χ1) is 13.1. The van der Waals surface area contributed by atoms with Gasteiger partial charge in [-0.2, -0.15) is 9.97 Å². The van der Waals surface area contributed by atoms with Crippen LogP contribution < -0.4 is 9.47 Å². The molecule has 1 aromatic heterocycles. The number of hydrogen-bond donors (Lipinski definition) is 1. The topological polar surface area (TPSA) is 81.6 Å². The lowest BCUT2D eigenvalue weighted by atomic mass is 10.1. The molecule has 8 heteroatoms. The van der Waals surface area contributed by atoms with Crippen LogP contribution in [0, 0.1) is 0 Å². The number of carbonyl (C=O) groups is 1. The smallest absolute Gasteiger partial charge is 0.265 e. The van der Waals surface area contributed by atoms with Gasteiger partial charge >= 0.3 is 0 Å². The summed E-state index contributed by atoms with van der Waals surface area (Å²) in [5.74, 6) is -0.0170. The first-order valence-electron chi connectivity index (χ1n) is 9.23. The zero-order valence-corrected chi connectivity index (χ0v) is 17.8. The third-order valence-corrected chi connectivity index (χ3v) is 5.52. The van der Waals surface area contributed by atoms with E-state index in [9.17, 15) is 9.00 Å². The lowest BCUT2D eigenvalue weighted by molar-refractivity contribution is 0.0539. The summed E-state index contributed by atoms with van der Waals surface area (Å²) in [6.07, 6.45) is 3.16. The van der Waals surface area contributed by atoms with Gasteiger partial charge in [-0.3, -0.25) is 9.00 Å². The zero-order valence-electron chi connectivity index (χ0n) is 16.9. The van der Waals surface area contributed by atoms with Gasteiger partial charge in [-0.05, 0) is 38.8 Å². The van der Waals surface area contributed by atoms with E-state index in [1.807, 2.05) is 51.1 Å². The molecule has 2 aromatic rings. The summed E-state index contributed by atoms with van der Waals surface area (Å²) in [6.45, 7) is 6.84. The number of ether oxygens (including phenoxy) is 2. The molecule has 0 atom stereocenters. The fourth-order valence-corrected chi connectivity index (χ4v) is 3.64. The van der Waals surface area contributed by atoms with E-state index in [-0.39, 0.29) is 35.0 Å². The number of aromatic nitrogens is 2. The molecule has 1 amide bonds. The Bertz CT molecular complexity index is 925. The maximum atomic E-state index is 13.2. The molecular weight excluding hydrogens is 378 g/mol. The Balaban J connectivity index is 2.11. The van der Waals surface area contributed by atoms with Crippen molar-refractivity contribution in [3.05, 3.63) is 41.5 Å². The fourth-order valence-electron chi connectivity index (χ4n) is 2.98. The normalized spacial score (nSPS) is 16.8. The van der Waals surface area contributed by atoms with Crippen molar-refractivity contribution in [1.82, 2.24) is 14.9 Å². The number of amides is 1. The van der Waals surface area contributed by atoms with Crippen molar-refractivity contribution >= 4 is 15.8 Å². The molecule has 7 nitrogen and oxygen atoms in total. The number of fused-ring (bicyclic) bond motifs is 1. The molecule has 28 heavy (non-hydrogen) atoms. The molecule has 0 N–H and O–H groups in total. The lowest BCUT2D eigenvalue weighted by Gasteiger charge is -2.28. The highest BCUT2D eigenvalue weighted by Gasteiger charge is 2.37. The molecule has 1 aliphatic heterocycles. The van der Waals surface area contributed by atoms with Crippen LogP contribution in [0.2, 0.25) is 0 Å². The van der Waals surface area contributed by atoms with Gasteiger partial charge in [0, 0.05) is 6.54 Å². The van der Waals surface area contributed by atoms with Crippen LogP contribution in [0.5, 0.6) is 11.8 Å². The molecule has 1 aromatic carbocycles. The van der Waals surface area contributed by atoms with Crippen molar-refractivity contribution in [2.45, 2.75) is 38.1 Å². The van der Waals surface area contributed by atoms with Gasteiger partial charge in [0.1, 0.15) is 12.2 Å². The largest absolute Gasteiger partial charge is 0.472 e. The summed E-state index contributed by atoms with van der Waals surface area (Å²) in [5, 5.41) is 0.142.